The fourth-order valence-electron chi connectivity index (χ4n) is 1.40. The number of aliphatic carboxylic acids is 1. The maximum Gasteiger partial charge on any atom is 0.381 e. The Morgan fingerprint density at radius 1 is 1.40 bits per heavy atom. The van der Waals surface area contributed by atoms with Gasteiger partial charge in [-0.25, -0.2) is 4.79 Å². The lowest BCUT2D eigenvalue weighted by molar-refractivity contribution is -0.130. The standard InChI is InChI=1S/C13H14O2/c1-11-7-5-6-9-12(11)8-3-2-4-10-13(14)15/h5-7,9H,2-3,8H2,1H3,(H,14,15). The van der Waals surface area contributed by atoms with Crippen LogP contribution in [0.4, 0.5) is 0 Å². The molecule has 0 spiro atoms. The van der Waals surface area contributed by atoms with Crippen LogP contribution in [-0.2, 0) is 11.2 Å². The summed E-state index contributed by atoms with van der Waals surface area (Å²) >= 11 is 0. The highest BCUT2D eigenvalue weighted by Crippen LogP contribution is 2.10. The molecule has 1 N–H and O–H groups in total. The SMILES string of the molecule is Cc1ccccc1CCCC#CC(=O)O. The van der Waals surface area contributed by atoms with Gasteiger partial charge in [0.25, 0.3) is 0 Å². The van der Waals surface area contributed by atoms with Crippen LogP contribution in [0, 0.1) is 18.8 Å². The van der Waals surface area contributed by atoms with E-state index >= 15 is 0 Å². The molecular weight excluding hydrogens is 188 g/mol. The van der Waals surface area contributed by atoms with E-state index in [9.17, 15) is 4.79 Å². The Labute approximate surface area is 89.9 Å². The monoisotopic (exact) mass is 202 g/mol. The van der Waals surface area contributed by atoms with Gasteiger partial charge in [-0.15, -0.1) is 0 Å². The summed E-state index contributed by atoms with van der Waals surface area (Å²) in [7, 11) is 0. The second kappa shape index (κ2) is 5.87. The summed E-state index contributed by atoms with van der Waals surface area (Å²) in [5, 5.41) is 8.30. The van der Waals surface area contributed by atoms with Crippen molar-refractivity contribution in [2.24, 2.45) is 0 Å². The fraction of sp³-hybridized carbons (Fsp3) is 0.308. The van der Waals surface area contributed by atoms with Crippen molar-refractivity contribution in [3.05, 3.63) is 35.4 Å². The highest BCUT2D eigenvalue weighted by atomic mass is 16.4. The molecule has 1 rings (SSSR count). The van der Waals surface area contributed by atoms with Crippen LogP contribution < -0.4 is 0 Å². The third-order valence-corrected chi connectivity index (χ3v) is 2.20. The van der Waals surface area contributed by atoms with Crippen molar-refractivity contribution in [1.29, 1.82) is 0 Å². The molecule has 0 fully saturated rings. The Balaban J connectivity index is 2.36. The lowest BCUT2D eigenvalue weighted by Gasteiger charge is -2.02. The van der Waals surface area contributed by atoms with E-state index in [4.69, 9.17) is 5.11 Å². The number of rotatable bonds is 3. The van der Waals surface area contributed by atoms with Gasteiger partial charge >= 0.3 is 5.97 Å². The van der Waals surface area contributed by atoms with Crippen molar-refractivity contribution in [3.63, 3.8) is 0 Å². The molecule has 0 saturated heterocycles. The van der Waals surface area contributed by atoms with Gasteiger partial charge in [0.05, 0.1) is 0 Å². The average Bonchev–Trinajstić information content (AvgIpc) is 2.20. The molecule has 78 valence electrons. The van der Waals surface area contributed by atoms with E-state index in [1.807, 2.05) is 12.1 Å². The van der Waals surface area contributed by atoms with Crippen LogP contribution in [0.2, 0.25) is 0 Å². The summed E-state index contributed by atoms with van der Waals surface area (Å²) in [6.45, 7) is 2.08. The lowest BCUT2D eigenvalue weighted by Crippen LogP contribution is -1.89. The minimum Gasteiger partial charge on any atom is -0.472 e. The number of carboxylic acids is 1. The third kappa shape index (κ3) is 4.33. The van der Waals surface area contributed by atoms with Gasteiger partial charge in [-0.3, -0.25) is 0 Å². The predicted octanol–water partition coefficient (Wildman–Crippen LogP) is 2.41. The Morgan fingerprint density at radius 3 is 2.80 bits per heavy atom. The van der Waals surface area contributed by atoms with E-state index < -0.39 is 5.97 Å². The second-order valence-corrected chi connectivity index (χ2v) is 3.39. The maximum atomic E-state index is 10.1. The molecule has 0 saturated carbocycles. The van der Waals surface area contributed by atoms with Crippen LogP contribution >= 0.6 is 0 Å². The topological polar surface area (TPSA) is 37.3 Å². The second-order valence-electron chi connectivity index (χ2n) is 3.39. The van der Waals surface area contributed by atoms with Crippen molar-refractivity contribution in [3.8, 4) is 11.8 Å². The molecule has 0 aromatic heterocycles. The van der Waals surface area contributed by atoms with Crippen LogP contribution in [0.3, 0.4) is 0 Å². The van der Waals surface area contributed by atoms with Crippen molar-refractivity contribution in [2.45, 2.75) is 26.2 Å². The van der Waals surface area contributed by atoms with Gasteiger partial charge in [-0.05, 0) is 30.9 Å². The molecule has 0 aliphatic carbocycles. The minimum absolute atomic E-state index is 0.640. The van der Waals surface area contributed by atoms with Crippen molar-refractivity contribution >= 4 is 5.97 Å². The van der Waals surface area contributed by atoms with Crippen molar-refractivity contribution in [2.75, 3.05) is 0 Å². The molecule has 2 nitrogen and oxygen atoms in total. The summed E-state index contributed by atoms with van der Waals surface area (Å²) in [5.74, 6) is 3.69. The van der Waals surface area contributed by atoms with Crippen LogP contribution in [-0.4, -0.2) is 11.1 Å². The number of hydrogen-bond acceptors (Lipinski definition) is 1. The molecule has 0 atom stereocenters. The van der Waals surface area contributed by atoms with E-state index in [1.54, 1.807) is 0 Å². The first-order valence-corrected chi connectivity index (χ1v) is 4.96. The van der Waals surface area contributed by atoms with Gasteiger partial charge in [0.15, 0.2) is 0 Å². The summed E-state index contributed by atoms with van der Waals surface area (Å²) in [6, 6.07) is 8.21. The highest BCUT2D eigenvalue weighted by Gasteiger charge is 1.95. The number of carbonyl (C=O) groups is 1. The Kier molecular flexibility index (Phi) is 4.43. The Bertz CT molecular complexity index is 396. The van der Waals surface area contributed by atoms with Gasteiger partial charge in [0.1, 0.15) is 0 Å². The zero-order valence-corrected chi connectivity index (χ0v) is 8.79. The average molecular weight is 202 g/mol. The molecule has 1 aromatic rings. The van der Waals surface area contributed by atoms with Crippen molar-refractivity contribution in [1.82, 2.24) is 0 Å². The molecule has 2 heteroatoms. The zero-order valence-electron chi connectivity index (χ0n) is 8.79. The number of hydrogen-bond donors (Lipinski definition) is 1. The largest absolute Gasteiger partial charge is 0.472 e. The Morgan fingerprint density at radius 2 is 2.13 bits per heavy atom. The fourth-order valence-corrected chi connectivity index (χ4v) is 1.40. The summed E-state index contributed by atoms with van der Waals surface area (Å²) in [4.78, 5) is 10.1. The van der Waals surface area contributed by atoms with Crippen LogP contribution in [0.5, 0.6) is 0 Å². The van der Waals surface area contributed by atoms with Gasteiger partial charge in [-0.2, -0.15) is 0 Å². The van der Waals surface area contributed by atoms with E-state index in [2.05, 4.69) is 30.9 Å². The first kappa shape index (κ1) is 11.3. The lowest BCUT2D eigenvalue weighted by atomic mass is 10.0. The summed E-state index contributed by atoms with van der Waals surface area (Å²) in [5.41, 5.74) is 2.60. The minimum atomic E-state index is -1.05. The Hall–Kier alpha value is -1.75. The molecule has 0 amide bonds. The van der Waals surface area contributed by atoms with Gasteiger partial charge in [0.2, 0.25) is 0 Å². The third-order valence-electron chi connectivity index (χ3n) is 2.20. The van der Waals surface area contributed by atoms with Gasteiger partial charge in [0, 0.05) is 12.3 Å². The number of benzene rings is 1. The van der Waals surface area contributed by atoms with E-state index in [0.29, 0.717) is 6.42 Å². The summed E-state index contributed by atoms with van der Waals surface area (Å²) in [6.07, 6.45) is 2.51. The summed E-state index contributed by atoms with van der Waals surface area (Å²) < 4.78 is 0. The van der Waals surface area contributed by atoms with Crippen LogP contribution in [0.15, 0.2) is 24.3 Å². The predicted molar refractivity (Wildman–Crippen MR) is 59.5 cm³/mol. The molecule has 0 aliphatic heterocycles. The first-order chi connectivity index (χ1) is 7.20. The van der Waals surface area contributed by atoms with E-state index in [-0.39, 0.29) is 0 Å². The van der Waals surface area contributed by atoms with E-state index in [0.717, 1.165) is 12.8 Å². The molecule has 0 unspecified atom stereocenters. The molecule has 1 aromatic carbocycles. The van der Waals surface area contributed by atoms with Gasteiger partial charge in [-0.1, -0.05) is 30.2 Å². The molecule has 0 aliphatic rings. The highest BCUT2D eigenvalue weighted by molar-refractivity contribution is 5.86. The smallest absolute Gasteiger partial charge is 0.381 e. The number of carboxylic acid groups (broad SMARTS) is 1. The molecular formula is C13H14O2. The number of aryl methyl sites for hydroxylation is 2. The molecule has 0 heterocycles. The maximum absolute atomic E-state index is 10.1. The zero-order chi connectivity index (χ0) is 11.1. The van der Waals surface area contributed by atoms with E-state index in [1.165, 1.54) is 11.1 Å². The van der Waals surface area contributed by atoms with Crippen LogP contribution in [0.1, 0.15) is 24.0 Å². The molecule has 15 heavy (non-hydrogen) atoms. The first-order valence-electron chi connectivity index (χ1n) is 4.96. The van der Waals surface area contributed by atoms with Crippen LogP contribution in [0.25, 0.3) is 0 Å². The van der Waals surface area contributed by atoms with Gasteiger partial charge < -0.3 is 5.11 Å². The quantitative estimate of drug-likeness (QED) is 0.603. The molecule has 0 radical (unpaired) electrons. The number of unbranched alkanes of at least 4 members (excludes halogenated alkanes) is 1. The van der Waals surface area contributed by atoms with Crippen molar-refractivity contribution < 1.29 is 9.90 Å². The molecule has 0 bridgehead atoms. The normalized spacial score (nSPS) is 9.13.